The molecule has 0 aromatic heterocycles. The van der Waals surface area contributed by atoms with Crippen LogP contribution in [0.1, 0.15) is 35.7 Å². The van der Waals surface area contributed by atoms with E-state index in [0.717, 1.165) is 0 Å². The molecule has 3 heterocycles. The highest BCUT2D eigenvalue weighted by Gasteiger charge is 2.44. The van der Waals surface area contributed by atoms with Gasteiger partial charge in [-0.3, -0.25) is 14.9 Å². The second-order valence-corrected chi connectivity index (χ2v) is 8.37. The molecule has 2 fully saturated rings. The summed E-state index contributed by atoms with van der Waals surface area (Å²) in [7, 11) is -0.389. The topological polar surface area (TPSA) is 94.3 Å². The van der Waals surface area contributed by atoms with Gasteiger partial charge in [0.25, 0.3) is 11.6 Å². The molecular formula is C17H16F3N3O5Si. The summed E-state index contributed by atoms with van der Waals surface area (Å²) in [5, 5.41) is 11.4. The van der Waals surface area contributed by atoms with Crippen LogP contribution in [0.2, 0.25) is 0 Å². The molecule has 2 saturated heterocycles. The van der Waals surface area contributed by atoms with Crippen molar-refractivity contribution in [2.45, 2.75) is 37.8 Å². The number of nitro groups is 1. The van der Waals surface area contributed by atoms with Crippen molar-refractivity contribution in [3.05, 3.63) is 33.4 Å². The fourth-order valence-electron chi connectivity index (χ4n) is 3.71. The number of carbonyl (C=O) groups is 1. The van der Waals surface area contributed by atoms with Gasteiger partial charge >= 0.3 is 6.18 Å². The number of halogens is 3. The molecule has 8 nitrogen and oxygen atoms in total. The molecule has 1 amide bonds. The Kier molecular flexibility index (Phi) is 4.74. The molecule has 29 heavy (non-hydrogen) atoms. The summed E-state index contributed by atoms with van der Waals surface area (Å²) >= 11 is 0. The Hall–Kier alpha value is -2.31. The number of carbonyl (C=O) groups excluding carboxylic acids is 1. The first-order chi connectivity index (χ1) is 13.6. The number of nitro benzene ring substituents is 1. The fourth-order valence-corrected chi connectivity index (χ4v) is 5.07. The van der Waals surface area contributed by atoms with Crippen molar-refractivity contribution in [1.82, 2.24) is 4.90 Å². The summed E-state index contributed by atoms with van der Waals surface area (Å²) in [6, 6.07) is 1.12. The van der Waals surface area contributed by atoms with E-state index in [9.17, 15) is 28.1 Å². The molecule has 0 unspecified atom stereocenters. The molecule has 3 aliphatic heterocycles. The molecule has 1 aromatic carbocycles. The van der Waals surface area contributed by atoms with E-state index < -0.39 is 34.0 Å². The van der Waals surface area contributed by atoms with Gasteiger partial charge in [-0.05, 0) is 13.0 Å². The standard InChI is InChI=1S/C17H16F3N3O5Si/c1-9-8-27-16(28-9)2-4-22(5-3-16)15-21-14(24)11-6-10(17(18,19)20)7-12(23(25)26)13(11)29-15/h6-7,9H,2-5,8H2,1H3/t9-/m0/s1. The van der Waals surface area contributed by atoms with Crippen LogP contribution >= 0.6 is 0 Å². The second-order valence-electron chi connectivity index (χ2n) is 7.18. The van der Waals surface area contributed by atoms with Gasteiger partial charge < -0.3 is 14.4 Å². The highest BCUT2D eigenvalue weighted by molar-refractivity contribution is 6.88. The summed E-state index contributed by atoms with van der Waals surface area (Å²) in [5.74, 6) is -1.56. The number of nitrogens with zero attached hydrogens (tertiary/aromatic N) is 3. The molecule has 3 aliphatic rings. The Labute approximate surface area is 165 Å². The lowest BCUT2D eigenvalue weighted by Gasteiger charge is -2.39. The predicted molar refractivity (Wildman–Crippen MR) is 95.3 cm³/mol. The number of likely N-dealkylation sites (tertiary alicyclic amines) is 1. The molecule has 0 saturated carbocycles. The fraction of sp³-hybridized carbons (Fsp3) is 0.529. The predicted octanol–water partition coefficient (Wildman–Crippen LogP) is 1.68. The summed E-state index contributed by atoms with van der Waals surface area (Å²) in [6.45, 7) is 3.35. The van der Waals surface area contributed by atoms with Crippen molar-refractivity contribution in [3.8, 4) is 0 Å². The number of ether oxygens (including phenoxy) is 2. The zero-order valence-electron chi connectivity index (χ0n) is 15.3. The van der Waals surface area contributed by atoms with Gasteiger partial charge in [-0.15, -0.1) is 0 Å². The first-order valence-electron chi connectivity index (χ1n) is 8.94. The normalized spacial score (nSPS) is 23.9. The minimum atomic E-state index is -4.80. The molecule has 12 heteroatoms. The first-order valence-corrected chi connectivity index (χ1v) is 9.94. The summed E-state index contributed by atoms with van der Waals surface area (Å²) in [4.78, 5) is 28.7. The summed E-state index contributed by atoms with van der Waals surface area (Å²) < 4.78 is 50.8. The molecule has 0 bridgehead atoms. The number of fused-ring (bicyclic) bond motifs is 1. The van der Waals surface area contributed by atoms with E-state index in [0.29, 0.717) is 50.1 Å². The first kappa shape index (κ1) is 20.0. The van der Waals surface area contributed by atoms with Crippen LogP contribution in [0, 0.1) is 10.1 Å². The average Bonchev–Trinajstić information content (AvgIpc) is 3.00. The number of alkyl halides is 3. The maximum absolute atomic E-state index is 13.1. The van der Waals surface area contributed by atoms with Crippen LogP contribution in [-0.2, 0) is 15.7 Å². The molecule has 1 spiro atoms. The molecule has 2 radical (unpaired) electrons. The summed E-state index contributed by atoms with van der Waals surface area (Å²) in [6.07, 6.45) is -3.73. The van der Waals surface area contributed by atoms with Crippen molar-refractivity contribution in [3.63, 3.8) is 0 Å². The molecule has 1 aromatic rings. The van der Waals surface area contributed by atoms with Gasteiger partial charge in [-0.25, -0.2) is 4.99 Å². The number of amidine groups is 1. The number of hydrogen-bond donors (Lipinski definition) is 0. The number of amides is 1. The van der Waals surface area contributed by atoms with Gasteiger partial charge in [0.05, 0.1) is 28.7 Å². The van der Waals surface area contributed by atoms with Crippen LogP contribution in [0.15, 0.2) is 17.1 Å². The molecule has 1 atom stereocenters. The maximum Gasteiger partial charge on any atom is 0.416 e. The zero-order valence-corrected chi connectivity index (χ0v) is 16.3. The Morgan fingerprint density at radius 1 is 1.34 bits per heavy atom. The van der Waals surface area contributed by atoms with E-state index in [1.54, 1.807) is 0 Å². The van der Waals surface area contributed by atoms with Crippen LogP contribution in [0.5, 0.6) is 0 Å². The van der Waals surface area contributed by atoms with Crippen LogP contribution in [0.3, 0.4) is 0 Å². The minimum Gasteiger partial charge on any atom is -0.364 e. The summed E-state index contributed by atoms with van der Waals surface area (Å²) in [5.41, 5.74) is -1.97. The maximum atomic E-state index is 13.1. The average molecular weight is 427 g/mol. The van der Waals surface area contributed by atoms with Crippen LogP contribution in [-0.4, -0.2) is 62.3 Å². The lowest BCUT2D eigenvalue weighted by atomic mass is 10.0. The van der Waals surface area contributed by atoms with Gasteiger partial charge in [0.2, 0.25) is 0 Å². The smallest absolute Gasteiger partial charge is 0.364 e. The highest BCUT2D eigenvalue weighted by Crippen LogP contribution is 2.35. The SMILES string of the molecule is C[C@H]1COC2(CCN(C3=NC(=O)c4cc(C(F)(F)F)cc([N+](=O)[O-])c4[Si]3)CC2)O1. The third-order valence-electron chi connectivity index (χ3n) is 5.14. The zero-order chi connectivity index (χ0) is 21.0. The van der Waals surface area contributed by atoms with Gasteiger partial charge in [0, 0.05) is 42.7 Å². The quantitative estimate of drug-likeness (QED) is 0.385. The van der Waals surface area contributed by atoms with E-state index >= 15 is 0 Å². The lowest BCUT2D eigenvalue weighted by molar-refractivity contribution is -0.383. The number of benzene rings is 1. The van der Waals surface area contributed by atoms with Gasteiger partial charge in [-0.1, -0.05) is 0 Å². The minimum absolute atomic E-state index is 0.00520. The molecule has 0 N–H and O–H groups in total. The Balaban J connectivity index is 1.60. The number of rotatable bonds is 1. The van der Waals surface area contributed by atoms with E-state index in [4.69, 9.17) is 9.47 Å². The van der Waals surface area contributed by atoms with E-state index in [1.807, 2.05) is 11.8 Å². The monoisotopic (exact) mass is 427 g/mol. The Bertz CT molecular complexity index is 912. The van der Waals surface area contributed by atoms with E-state index in [2.05, 4.69) is 4.99 Å². The number of aliphatic imine (C=N–C) groups is 1. The molecular weight excluding hydrogens is 411 g/mol. The molecule has 0 aliphatic carbocycles. The van der Waals surface area contributed by atoms with Crippen molar-refractivity contribution in [2.75, 3.05) is 19.7 Å². The number of hydrogen-bond acceptors (Lipinski definition) is 6. The lowest BCUT2D eigenvalue weighted by Crippen LogP contribution is -2.52. The number of piperidine rings is 1. The van der Waals surface area contributed by atoms with Gasteiger partial charge in [0.1, 0.15) is 0 Å². The third-order valence-corrected chi connectivity index (χ3v) is 6.57. The van der Waals surface area contributed by atoms with Gasteiger partial charge in [0.15, 0.2) is 15.3 Å². The van der Waals surface area contributed by atoms with E-state index in [-0.39, 0.29) is 26.4 Å². The molecule has 154 valence electrons. The molecule has 4 rings (SSSR count). The Morgan fingerprint density at radius 3 is 2.59 bits per heavy atom. The van der Waals surface area contributed by atoms with Crippen molar-refractivity contribution in [1.29, 1.82) is 0 Å². The van der Waals surface area contributed by atoms with Crippen LogP contribution in [0.25, 0.3) is 0 Å². The highest BCUT2D eigenvalue weighted by atomic mass is 28.2. The second kappa shape index (κ2) is 6.88. The van der Waals surface area contributed by atoms with Crippen molar-refractivity contribution >= 4 is 31.8 Å². The largest absolute Gasteiger partial charge is 0.416 e. The third kappa shape index (κ3) is 3.67. The Morgan fingerprint density at radius 2 is 2.03 bits per heavy atom. The van der Waals surface area contributed by atoms with Gasteiger partial charge in [-0.2, -0.15) is 13.2 Å². The van der Waals surface area contributed by atoms with Crippen molar-refractivity contribution in [2.24, 2.45) is 4.99 Å². The van der Waals surface area contributed by atoms with Crippen LogP contribution < -0.4 is 5.19 Å². The van der Waals surface area contributed by atoms with E-state index in [1.165, 1.54) is 0 Å². The van der Waals surface area contributed by atoms with Crippen LogP contribution in [0.4, 0.5) is 18.9 Å². The van der Waals surface area contributed by atoms with Crippen molar-refractivity contribution < 1.29 is 32.4 Å².